The average molecular weight is 220 g/mol. The SMILES string of the molecule is COC(=O)N(C(=S)C#N)c1ccccc1. The van der Waals surface area contributed by atoms with Gasteiger partial charge in [-0.15, -0.1) is 0 Å². The Morgan fingerprint density at radius 3 is 2.53 bits per heavy atom. The topological polar surface area (TPSA) is 53.3 Å². The zero-order valence-electron chi connectivity index (χ0n) is 8.01. The summed E-state index contributed by atoms with van der Waals surface area (Å²) in [6.07, 6.45) is -0.673. The van der Waals surface area contributed by atoms with Gasteiger partial charge in [-0.1, -0.05) is 18.2 Å². The maximum atomic E-state index is 11.4. The molecule has 1 aromatic rings. The number of nitriles is 1. The Kier molecular flexibility index (Phi) is 3.77. The summed E-state index contributed by atoms with van der Waals surface area (Å²) in [5.41, 5.74) is 0.510. The second kappa shape index (κ2) is 5.08. The van der Waals surface area contributed by atoms with E-state index in [-0.39, 0.29) is 4.99 Å². The number of carbonyl (C=O) groups excluding carboxylic acids is 1. The Morgan fingerprint density at radius 1 is 1.47 bits per heavy atom. The second-order valence-electron chi connectivity index (χ2n) is 2.56. The van der Waals surface area contributed by atoms with E-state index in [0.717, 1.165) is 4.90 Å². The molecular weight excluding hydrogens is 212 g/mol. The van der Waals surface area contributed by atoms with Crippen LogP contribution in [0, 0.1) is 11.3 Å². The first-order valence-electron chi connectivity index (χ1n) is 4.08. The summed E-state index contributed by atoms with van der Waals surface area (Å²) < 4.78 is 4.54. The molecule has 4 nitrogen and oxygen atoms in total. The highest BCUT2D eigenvalue weighted by molar-refractivity contribution is 7.81. The number of nitrogens with zero attached hydrogens (tertiary/aromatic N) is 2. The molecule has 5 heteroatoms. The fraction of sp³-hybridized carbons (Fsp3) is 0.100. The maximum Gasteiger partial charge on any atom is 0.419 e. The van der Waals surface area contributed by atoms with E-state index >= 15 is 0 Å². The van der Waals surface area contributed by atoms with Gasteiger partial charge in [0.15, 0.2) is 4.99 Å². The van der Waals surface area contributed by atoms with Crippen LogP contribution in [-0.4, -0.2) is 18.2 Å². The predicted molar refractivity (Wildman–Crippen MR) is 59.5 cm³/mol. The zero-order chi connectivity index (χ0) is 11.3. The molecule has 0 aromatic heterocycles. The molecule has 1 amide bonds. The van der Waals surface area contributed by atoms with Gasteiger partial charge in [-0.05, 0) is 24.4 Å². The number of carbonyl (C=O) groups is 1. The van der Waals surface area contributed by atoms with Gasteiger partial charge < -0.3 is 4.74 Å². The lowest BCUT2D eigenvalue weighted by Crippen LogP contribution is -2.34. The molecule has 1 aromatic carbocycles. The standard InChI is InChI=1S/C10H8N2O2S/c1-14-10(13)12(9(15)7-11)8-5-3-2-4-6-8/h2-6H,1H3. The van der Waals surface area contributed by atoms with Crippen LogP contribution < -0.4 is 4.90 Å². The largest absolute Gasteiger partial charge is 0.452 e. The van der Waals surface area contributed by atoms with Gasteiger partial charge in [-0.25, -0.2) is 9.69 Å². The Hall–Kier alpha value is -1.93. The number of thiocarbonyl (C=S) groups is 1. The highest BCUT2D eigenvalue weighted by Crippen LogP contribution is 2.15. The molecule has 76 valence electrons. The minimum Gasteiger partial charge on any atom is -0.452 e. The molecule has 0 aliphatic carbocycles. The minimum atomic E-state index is -0.673. The van der Waals surface area contributed by atoms with Crippen LogP contribution in [0.4, 0.5) is 10.5 Å². The molecule has 0 spiro atoms. The van der Waals surface area contributed by atoms with Gasteiger partial charge in [0.05, 0.1) is 12.8 Å². The highest BCUT2D eigenvalue weighted by atomic mass is 32.1. The maximum absolute atomic E-state index is 11.4. The van der Waals surface area contributed by atoms with Crippen LogP contribution >= 0.6 is 12.2 Å². The number of benzene rings is 1. The molecule has 0 aliphatic heterocycles. The quantitative estimate of drug-likeness (QED) is 0.680. The van der Waals surface area contributed by atoms with E-state index in [4.69, 9.17) is 17.5 Å². The van der Waals surface area contributed by atoms with Crippen molar-refractivity contribution in [3.63, 3.8) is 0 Å². The van der Waals surface area contributed by atoms with Crippen LogP contribution in [0.2, 0.25) is 0 Å². The molecular formula is C10H8N2O2S. The van der Waals surface area contributed by atoms with Crippen molar-refractivity contribution >= 4 is 29.0 Å². The first-order chi connectivity index (χ1) is 7.20. The minimum absolute atomic E-state index is 0.145. The van der Waals surface area contributed by atoms with Crippen molar-refractivity contribution in [2.24, 2.45) is 0 Å². The van der Waals surface area contributed by atoms with Crippen molar-refractivity contribution < 1.29 is 9.53 Å². The number of para-hydroxylation sites is 1. The van der Waals surface area contributed by atoms with E-state index in [0.29, 0.717) is 5.69 Å². The van der Waals surface area contributed by atoms with Crippen LogP contribution in [0.1, 0.15) is 0 Å². The lowest BCUT2D eigenvalue weighted by molar-refractivity contribution is 0.182. The molecule has 0 fully saturated rings. The van der Waals surface area contributed by atoms with Gasteiger partial charge >= 0.3 is 6.09 Å². The molecule has 0 atom stereocenters. The van der Waals surface area contributed by atoms with Gasteiger partial charge in [0, 0.05) is 0 Å². The Morgan fingerprint density at radius 2 is 2.07 bits per heavy atom. The lowest BCUT2D eigenvalue weighted by Gasteiger charge is -2.17. The monoisotopic (exact) mass is 220 g/mol. The van der Waals surface area contributed by atoms with Gasteiger partial charge in [0.25, 0.3) is 0 Å². The molecule has 0 radical (unpaired) electrons. The highest BCUT2D eigenvalue weighted by Gasteiger charge is 2.20. The number of methoxy groups -OCH3 is 1. The third-order valence-electron chi connectivity index (χ3n) is 1.67. The van der Waals surface area contributed by atoms with E-state index in [9.17, 15) is 4.79 Å². The van der Waals surface area contributed by atoms with Crippen LogP contribution in [-0.2, 0) is 4.74 Å². The summed E-state index contributed by atoms with van der Waals surface area (Å²) >= 11 is 4.77. The van der Waals surface area contributed by atoms with Gasteiger partial charge in [-0.3, -0.25) is 0 Å². The van der Waals surface area contributed by atoms with Crippen LogP contribution in [0.25, 0.3) is 0 Å². The summed E-state index contributed by atoms with van der Waals surface area (Å²) in [7, 11) is 1.23. The zero-order valence-corrected chi connectivity index (χ0v) is 8.82. The van der Waals surface area contributed by atoms with E-state index in [1.54, 1.807) is 36.4 Å². The van der Waals surface area contributed by atoms with E-state index < -0.39 is 6.09 Å². The number of rotatable bonds is 1. The van der Waals surface area contributed by atoms with Crippen LogP contribution in [0.5, 0.6) is 0 Å². The molecule has 0 heterocycles. The molecule has 0 aliphatic rings. The first-order valence-corrected chi connectivity index (χ1v) is 4.48. The molecule has 0 N–H and O–H groups in total. The lowest BCUT2D eigenvalue weighted by atomic mass is 10.3. The molecule has 15 heavy (non-hydrogen) atoms. The average Bonchev–Trinajstić information content (AvgIpc) is 2.30. The molecule has 1 rings (SSSR count). The summed E-state index contributed by atoms with van der Waals surface area (Å²) in [6.45, 7) is 0. The van der Waals surface area contributed by atoms with Gasteiger partial charge in [0.1, 0.15) is 6.07 Å². The number of hydrogen-bond donors (Lipinski definition) is 0. The van der Waals surface area contributed by atoms with Crippen molar-refractivity contribution in [1.82, 2.24) is 0 Å². The Bertz CT molecular complexity index is 411. The van der Waals surface area contributed by atoms with Crippen LogP contribution in [0.15, 0.2) is 30.3 Å². The first kappa shape index (κ1) is 11.1. The van der Waals surface area contributed by atoms with Crippen LogP contribution in [0.3, 0.4) is 0 Å². The smallest absolute Gasteiger partial charge is 0.419 e. The van der Waals surface area contributed by atoms with Crippen molar-refractivity contribution in [3.05, 3.63) is 30.3 Å². The van der Waals surface area contributed by atoms with Crippen molar-refractivity contribution in [2.45, 2.75) is 0 Å². The Labute approximate surface area is 92.7 Å². The third kappa shape index (κ3) is 2.51. The number of hydrogen-bond acceptors (Lipinski definition) is 4. The third-order valence-corrected chi connectivity index (χ3v) is 1.94. The summed E-state index contributed by atoms with van der Waals surface area (Å²) in [4.78, 5) is 12.3. The van der Waals surface area contributed by atoms with Crippen molar-refractivity contribution in [1.29, 1.82) is 5.26 Å². The van der Waals surface area contributed by atoms with Crippen molar-refractivity contribution in [2.75, 3.05) is 12.0 Å². The van der Waals surface area contributed by atoms with E-state index in [1.807, 2.05) is 0 Å². The Balaban J connectivity index is 3.09. The number of amides is 1. The van der Waals surface area contributed by atoms with Gasteiger partial charge in [-0.2, -0.15) is 5.26 Å². The summed E-state index contributed by atoms with van der Waals surface area (Å²) in [6, 6.07) is 10.4. The molecule has 0 unspecified atom stereocenters. The fourth-order valence-electron chi connectivity index (χ4n) is 1.02. The normalized spacial score (nSPS) is 8.80. The predicted octanol–water partition coefficient (Wildman–Crippen LogP) is 2.11. The van der Waals surface area contributed by atoms with E-state index in [2.05, 4.69) is 4.74 Å². The van der Waals surface area contributed by atoms with Crippen molar-refractivity contribution in [3.8, 4) is 6.07 Å². The molecule has 0 saturated heterocycles. The fourth-order valence-corrected chi connectivity index (χ4v) is 1.20. The van der Waals surface area contributed by atoms with Gasteiger partial charge in [0.2, 0.25) is 0 Å². The number of anilines is 1. The number of ether oxygens (including phenoxy) is 1. The summed E-state index contributed by atoms with van der Waals surface area (Å²) in [5.74, 6) is 0. The summed E-state index contributed by atoms with van der Waals surface area (Å²) in [5, 5.41) is 8.67. The molecule has 0 saturated carbocycles. The molecule has 0 bridgehead atoms. The van der Waals surface area contributed by atoms with E-state index in [1.165, 1.54) is 7.11 Å². The second-order valence-corrected chi connectivity index (χ2v) is 2.94.